The summed E-state index contributed by atoms with van der Waals surface area (Å²) in [6.45, 7) is 14.0. The SMILES string of the molecule is CC(C)CCCCCCCCCCCCCCCCCCCCC(=O)OC[C@H](COP(=O)(O)OC[C@@H](O)COP(=O)(O)OC[C@@H](COC(=O)CCCCCCCCC(C)C)OC(=O)CCCCCCCCCC(C)C)OC(=O)CCCCCCCCCCCC(C)C. The summed E-state index contributed by atoms with van der Waals surface area (Å²) in [7, 11) is -9.90. The molecule has 0 aromatic carbocycles. The maximum absolute atomic E-state index is 13.0. The molecule has 17 nitrogen and oxygen atoms in total. The molecule has 0 aromatic rings. The summed E-state index contributed by atoms with van der Waals surface area (Å²) < 4.78 is 68.3. The van der Waals surface area contributed by atoms with Gasteiger partial charge in [0.05, 0.1) is 26.4 Å². The van der Waals surface area contributed by atoms with Crippen LogP contribution in [0.4, 0.5) is 0 Å². The van der Waals surface area contributed by atoms with Crippen LogP contribution in [0.5, 0.6) is 0 Å². The molecular weight excluding hydrogens is 1210 g/mol. The van der Waals surface area contributed by atoms with Gasteiger partial charge in [-0.05, 0) is 49.4 Å². The van der Waals surface area contributed by atoms with Gasteiger partial charge >= 0.3 is 39.5 Å². The molecule has 92 heavy (non-hydrogen) atoms. The number of aliphatic hydroxyl groups is 1. The number of esters is 4. The number of carbonyl (C=O) groups excluding carboxylic acids is 4. The van der Waals surface area contributed by atoms with Crippen LogP contribution in [0.1, 0.15) is 364 Å². The molecule has 0 bridgehead atoms. The molecule has 19 heteroatoms. The Bertz CT molecular complexity index is 1820. The molecule has 0 aliphatic heterocycles. The zero-order chi connectivity index (χ0) is 68.2. The van der Waals surface area contributed by atoms with Crippen molar-refractivity contribution in [2.24, 2.45) is 23.7 Å². The molecule has 0 rings (SSSR count). The van der Waals surface area contributed by atoms with Crippen molar-refractivity contribution in [3.63, 3.8) is 0 Å². The number of phosphoric ester groups is 2. The van der Waals surface area contributed by atoms with Gasteiger partial charge in [0, 0.05) is 25.7 Å². The minimum absolute atomic E-state index is 0.102. The molecule has 5 atom stereocenters. The summed E-state index contributed by atoms with van der Waals surface area (Å²) in [5.41, 5.74) is 0. The highest BCUT2D eigenvalue weighted by Crippen LogP contribution is 2.45. The van der Waals surface area contributed by atoms with Crippen LogP contribution in [0.15, 0.2) is 0 Å². The van der Waals surface area contributed by atoms with Crippen LogP contribution in [-0.4, -0.2) is 96.7 Å². The van der Waals surface area contributed by atoms with Gasteiger partial charge < -0.3 is 33.8 Å². The van der Waals surface area contributed by atoms with E-state index in [1.165, 1.54) is 161 Å². The normalized spacial score (nSPS) is 14.2. The number of hydrogen-bond donors (Lipinski definition) is 3. The topological polar surface area (TPSA) is 237 Å². The largest absolute Gasteiger partial charge is 0.472 e. The van der Waals surface area contributed by atoms with E-state index < -0.39 is 97.5 Å². The number of aliphatic hydroxyl groups excluding tert-OH is 1. The number of unbranched alkanes of at least 4 members (excludes halogenated alkanes) is 36. The number of phosphoric acid groups is 2. The zero-order valence-corrected chi connectivity index (χ0v) is 62.0. The van der Waals surface area contributed by atoms with E-state index in [0.29, 0.717) is 37.5 Å². The van der Waals surface area contributed by atoms with E-state index in [4.69, 9.17) is 37.0 Å². The number of hydrogen-bond acceptors (Lipinski definition) is 15. The molecule has 0 aliphatic rings. The van der Waals surface area contributed by atoms with Crippen molar-refractivity contribution >= 4 is 39.5 Å². The third-order valence-corrected chi connectivity index (χ3v) is 18.7. The lowest BCUT2D eigenvalue weighted by molar-refractivity contribution is -0.161. The molecule has 2 unspecified atom stereocenters. The average molecular weight is 1350 g/mol. The average Bonchev–Trinajstić information content (AvgIpc) is 1.96. The van der Waals surface area contributed by atoms with Crippen molar-refractivity contribution in [2.45, 2.75) is 382 Å². The number of rotatable bonds is 70. The van der Waals surface area contributed by atoms with Crippen molar-refractivity contribution in [2.75, 3.05) is 39.6 Å². The molecule has 3 N–H and O–H groups in total. The first-order valence-corrected chi connectivity index (χ1v) is 40.7. The van der Waals surface area contributed by atoms with Crippen molar-refractivity contribution in [1.29, 1.82) is 0 Å². The Morgan fingerprint density at radius 3 is 0.674 bits per heavy atom. The molecule has 0 heterocycles. The van der Waals surface area contributed by atoms with Gasteiger partial charge in [-0.3, -0.25) is 37.3 Å². The Morgan fingerprint density at radius 2 is 0.457 bits per heavy atom. The summed E-state index contributed by atoms with van der Waals surface area (Å²) in [5.74, 6) is 0.804. The van der Waals surface area contributed by atoms with Crippen molar-refractivity contribution in [3.05, 3.63) is 0 Å². The van der Waals surface area contributed by atoms with Crippen molar-refractivity contribution < 1.29 is 80.2 Å². The van der Waals surface area contributed by atoms with E-state index in [9.17, 15) is 43.2 Å². The van der Waals surface area contributed by atoms with Gasteiger partial charge in [-0.25, -0.2) is 9.13 Å². The molecule has 0 aliphatic carbocycles. The van der Waals surface area contributed by atoms with E-state index in [0.717, 1.165) is 108 Å². The lowest BCUT2D eigenvalue weighted by Crippen LogP contribution is -2.30. The molecule has 0 saturated carbocycles. The minimum atomic E-state index is -4.95. The van der Waals surface area contributed by atoms with Crippen LogP contribution in [0.2, 0.25) is 0 Å². The van der Waals surface area contributed by atoms with Gasteiger partial charge in [-0.1, -0.05) is 312 Å². The molecule has 0 spiro atoms. The summed E-state index contributed by atoms with van der Waals surface area (Å²) >= 11 is 0. The Kier molecular flexibility index (Phi) is 61.3. The summed E-state index contributed by atoms with van der Waals surface area (Å²) in [6.07, 6.45) is 46.3. The van der Waals surface area contributed by atoms with Gasteiger partial charge in [0.15, 0.2) is 12.2 Å². The third-order valence-electron chi connectivity index (χ3n) is 16.8. The summed E-state index contributed by atoms with van der Waals surface area (Å²) in [6, 6.07) is 0. The van der Waals surface area contributed by atoms with Crippen LogP contribution < -0.4 is 0 Å². The molecule has 0 fully saturated rings. The second kappa shape index (κ2) is 62.6. The highest BCUT2D eigenvalue weighted by molar-refractivity contribution is 7.47. The first kappa shape index (κ1) is 90.1. The van der Waals surface area contributed by atoms with Gasteiger partial charge in [0.1, 0.15) is 19.3 Å². The Hall–Kier alpha value is -1.94. The van der Waals surface area contributed by atoms with Gasteiger partial charge in [0.25, 0.3) is 0 Å². The van der Waals surface area contributed by atoms with Crippen LogP contribution >= 0.6 is 15.6 Å². The third kappa shape index (κ3) is 66.7. The van der Waals surface area contributed by atoms with Gasteiger partial charge in [-0.2, -0.15) is 0 Å². The van der Waals surface area contributed by atoms with Crippen molar-refractivity contribution in [1.82, 2.24) is 0 Å². The molecular formula is C73H142O17P2. The predicted octanol–water partition coefficient (Wildman–Crippen LogP) is 20.9. The fraction of sp³-hybridized carbons (Fsp3) is 0.945. The fourth-order valence-corrected chi connectivity index (χ4v) is 12.6. The lowest BCUT2D eigenvalue weighted by Gasteiger charge is -2.21. The second-order valence-electron chi connectivity index (χ2n) is 28.2. The van der Waals surface area contributed by atoms with Crippen molar-refractivity contribution in [3.8, 4) is 0 Å². The van der Waals surface area contributed by atoms with E-state index in [1.807, 2.05) is 0 Å². The zero-order valence-electron chi connectivity index (χ0n) is 60.2. The first-order chi connectivity index (χ1) is 44.1. The summed E-state index contributed by atoms with van der Waals surface area (Å²) in [4.78, 5) is 72.5. The van der Waals surface area contributed by atoms with E-state index in [1.54, 1.807) is 0 Å². The van der Waals surface area contributed by atoms with Gasteiger partial charge in [0.2, 0.25) is 0 Å². The lowest BCUT2D eigenvalue weighted by atomic mass is 10.0. The quantitative estimate of drug-likeness (QED) is 0.0222. The minimum Gasteiger partial charge on any atom is -0.462 e. The van der Waals surface area contributed by atoms with Gasteiger partial charge in [-0.15, -0.1) is 0 Å². The first-order valence-electron chi connectivity index (χ1n) is 37.7. The Labute approximate surface area is 562 Å². The maximum atomic E-state index is 13.0. The second-order valence-corrected chi connectivity index (χ2v) is 31.1. The van der Waals surface area contributed by atoms with Crippen LogP contribution in [0.3, 0.4) is 0 Å². The maximum Gasteiger partial charge on any atom is 0.472 e. The Morgan fingerprint density at radius 1 is 0.272 bits per heavy atom. The number of carbonyl (C=O) groups is 4. The monoisotopic (exact) mass is 1350 g/mol. The van der Waals surface area contributed by atoms with E-state index in [-0.39, 0.29) is 25.7 Å². The number of ether oxygens (including phenoxy) is 4. The Balaban J connectivity index is 5.14. The van der Waals surface area contributed by atoms with Crippen LogP contribution in [0.25, 0.3) is 0 Å². The molecule has 0 aromatic heterocycles. The van der Waals surface area contributed by atoms with E-state index >= 15 is 0 Å². The highest BCUT2D eigenvalue weighted by atomic mass is 31.2. The van der Waals surface area contributed by atoms with E-state index in [2.05, 4.69) is 55.4 Å². The molecule has 546 valence electrons. The summed E-state index contributed by atoms with van der Waals surface area (Å²) in [5, 5.41) is 10.6. The molecule has 0 radical (unpaired) electrons. The van der Waals surface area contributed by atoms with Crippen LogP contribution in [-0.2, 0) is 65.4 Å². The highest BCUT2D eigenvalue weighted by Gasteiger charge is 2.30. The molecule has 0 amide bonds. The standard InChI is InChI=1S/C73H142O17P2/c1-63(2)49-41-33-25-20-17-15-13-11-9-10-12-14-16-18-22-28-37-45-53-70(75)83-59-68(89-72(77)55-47-39-29-23-19-21-26-34-42-50-64(3)4)61-87-91(79,80)85-57-67(74)58-86-92(81,82)88-62-69(60-84-71(76)54-46-38-32-31-36-44-52-66(7)8)90-73(78)56-48-40-30-24-27-35-43-51-65(5)6/h63-69,74H,9-62H2,1-8H3,(H,79,80)(H,81,82)/t67-,68-,69-/m1/s1. The fourth-order valence-electron chi connectivity index (χ4n) is 11.0. The smallest absolute Gasteiger partial charge is 0.462 e. The molecule has 0 saturated heterocycles. The predicted molar refractivity (Wildman–Crippen MR) is 372 cm³/mol. The van der Waals surface area contributed by atoms with Crippen LogP contribution in [0, 0.1) is 23.7 Å².